The molecule has 0 spiro atoms. The number of benzene rings is 2. The van der Waals surface area contributed by atoms with Gasteiger partial charge in [0.15, 0.2) is 0 Å². The Hall–Kier alpha value is -2.43. The maximum Gasteiger partial charge on any atom is 0.589 e. The SMILES string of the molecule is Cc1cc(C)c(C(=O)OP(=O)(O)OC(=O)c2c(C)cc(C)cc2C)c(C)c1. The molecule has 0 radical (unpaired) electrons. The topological polar surface area (TPSA) is 89.9 Å². The number of hydrogen-bond acceptors (Lipinski definition) is 5. The van der Waals surface area contributed by atoms with Crippen molar-refractivity contribution in [2.45, 2.75) is 41.5 Å². The second-order valence-corrected chi connectivity index (χ2v) is 8.08. The molecule has 2 aromatic rings. The van der Waals surface area contributed by atoms with Crippen molar-refractivity contribution in [2.24, 2.45) is 0 Å². The summed E-state index contributed by atoms with van der Waals surface area (Å²) in [7, 11) is -4.94. The summed E-state index contributed by atoms with van der Waals surface area (Å²) in [5, 5.41) is 0. The Morgan fingerprint density at radius 1 is 0.704 bits per heavy atom. The second kappa shape index (κ2) is 7.67. The maximum absolute atomic E-state index is 12.4. The van der Waals surface area contributed by atoms with E-state index in [1.165, 1.54) is 0 Å². The minimum Gasteiger partial charge on any atom is -0.357 e. The van der Waals surface area contributed by atoms with Crippen molar-refractivity contribution in [2.75, 3.05) is 0 Å². The van der Waals surface area contributed by atoms with Crippen LogP contribution in [0.15, 0.2) is 24.3 Å². The summed E-state index contributed by atoms with van der Waals surface area (Å²) in [5.41, 5.74) is 4.67. The molecule has 2 aromatic carbocycles. The monoisotopic (exact) mass is 390 g/mol. The molecule has 27 heavy (non-hydrogen) atoms. The zero-order valence-electron chi connectivity index (χ0n) is 16.2. The number of rotatable bonds is 4. The van der Waals surface area contributed by atoms with Crippen LogP contribution in [0.5, 0.6) is 0 Å². The van der Waals surface area contributed by atoms with Crippen LogP contribution in [0, 0.1) is 41.5 Å². The highest BCUT2D eigenvalue weighted by atomic mass is 31.2. The van der Waals surface area contributed by atoms with Crippen molar-refractivity contribution in [3.63, 3.8) is 0 Å². The Balaban J connectivity index is 2.24. The summed E-state index contributed by atoms with van der Waals surface area (Å²) >= 11 is 0. The third-order valence-electron chi connectivity index (χ3n) is 4.16. The van der Waals surface area contributed by atoms with Crippen LogP contribution >= 0.6 is 7.82 Å². The van der Waals surface area contributed by atoms with Gasteiger partial charge in [-0.3, -0.25) is 4.89 Å². The van der Waals surface area contributed by atoms with E-state index in [2.05, 4.69) is 9.05 Å². The summed E-state index contributed by atoms with van der Waals surface area (Å²) in [4.78, 5) is 34.6. The molecule has 0 aliphatic carbocycles. The summed E-state index contributed by atoms with van der Waals surface area (Å²) in [6.07, 6.45) is 0. The minimum atomic E-state index is -4.94. The van der Waals surface area contributed by atoms with Crippen LogP contribution in [0.3, 0.4) is 0 Å². The van der Waals surface area contributed by atoms with Gasteiger partial charge in [0.05, 0.1) is 11.1 Å². The first-order valence-electron chi connectivity index (χ1n) is 8.37. The van der Waals surface area contributed by atoms with Crippen LogP contribution in [0.2, 0.25) is 0 Å². The Kier molecular flexibility index (Phi) is 5.93. The van der Waals surface area contributed by atoms with Gasteiger partial charge in [0.2, 0.25) is 0 Å². The molecule has 0 fully saturated rings. The summed E-state index contributed by atoms with van der Waals surface area (Å²) in [6.45, 7) is 10.5. The van der Waals surface area contributed by atoms with Crippen molar-refractivity contribution < 1.29 is 28.1 Å². The van der Waals surface area contributed by atoms with Crippen LogP contribution in [0.4, 0.5) is 0 Å². The third kappa shape index (κ3) is 4.85. The third-order valence-corrected chi connectivity index (χ3v) is 4.95. The van der Waals surface area contributed by atoms with Gasteiger partial charge >= 0.3 is 19.8 Å². The predicted molar refractivity (Wildman–Crippen MR) is 102 cm³/mol. The molecule has 1 N–H and O–H groups in total. The van der Waals surface area contributed by atoms with E-state index in [1.807, 2.05) is 13.8 Å². The van der Waals surface area contributed by atoms with Gasteiger partial charge in [-0.2, -0.15) is 0 Å². The van der Waals surface area contributed by atoms with Crippen LogP contribution in [-0.2, 0) is 13.6 Å². The van der Waals surface area contributed by atoms with Crippen LogP contribution < -0.4 is 0 Å². The van der Waals surface area contributed by atoms with Crippen molar-refractivity contribution in [1.29, 1.82) is 0 Å². The van der Waals surface area contributed by atoms with E-state index < -0.39 is 19.8 Å². The van der Waals surface area contributed by atoms with Gasteiger partial charge in [0, 0.05) is 0 Å². The molecule has 6 nitrogen and oxygen atoms in total. The number of hydrogen-bond donors (Lipinski definition) is 1. The van der Waals surface area contributed by atoms with Crippen molar-refractivity contribution >= 4 is 19.8 Å². The van der Waals surface area contributed by atoms with E-state index in [4.69, 9.17) is 0 Å². The predicted octanol–water partition coefficient (Wildman–Crippen LogP) is 4.65. The Bertz CT molecular complexity index is 855. The molecule has 0 aliphatic heterocycles. The molecule has 0 atom stereocenters. The van der Waals surface area contributed by atoms with Gasteiger partial charge in [-0.1, -0.05) is 35.4 Å². The van der Waals surface area contributed by atoms with Gasteiger partial charge < -0.3 is 9.05 Å². The normalized spacial score (nSPS) is 11.2. The zero-order valence-corrected chi connectivity index (χ0v) is 17.1. The lowest BCUT2D eigenvalue weighted by Crippen LogP contribution is -2.13. The molecular weight excluding hydrogens is 367 g/mol. The minimum absolute atomic E-state index is 0.175. The molecule has 7 heteroatoms. The lowest BCUT2D eigenvalue weighted by molar-refractivity contribution is 0.0564. The average Bonchev–Trinajstić information content (AvgIpc) is 2.42. The number of phosphoric ester groups is 1. The molecule has 0 unspecified atom stereocenters. The Labute approximate surface area is 158 Å². The lowest BCUT2D eigenvalue weighted by atomic mass is 10.0. The number of carbonyl (C=O) groups excluding carboxylic acids is 2. The molecule has 0 bridgehead atoms. The Morgan fingerprint density at radius 3 is 1.22 bits per heavy atom. The first-order chi connectivity index (χ1) is 12.4. The average molecular weight is 390 g/mol. The second-order valence-electron chi connectivity index (χ2n) is 6.77. The standard InChI is InChI=1S/C20H23O6P/c1-11-7-13(3)17(14(4)8-11)19(21)25-27(23,24)26-20(22)18-15(5)9-12(2)10-16(18)6/h7-10H,1-6H3,(H,23,24). The van der Waals surface area contributed by atoms with Crippen molar-refractivity contribution in [1.82, 2.24) is 0 Å². The largest absolute Gasteiger partial charge is 0.589 e. The molecule has 0 saturated carbocycles. The smallest absolute Gasteiger partial charge is 0.357 e. The van der Waals surface area contributed by atoms with Crippen molar-refractivity contribution in [3.8, 4) is 0 Å². The fourth-order valence-corrected chi connectivity index (χ4v) is 3.96. The quantitative estimate of drug-likeness (QED) is 0.764. The van der Waals surface area contributed by atoms with E-state index in [9.17, 15) is 19.0 Å². The molecule has 144 valence electrons. The van der Waals surface area contributed by atoms with E-state index >= 15 is 0 Å². The fourth-order valence-electron chi connectivity index (χ4n) is 3.32. The fraction of sp³-hybridized carbons (Fsp3) is 0.300. The molecule has 0 aliphatic rings. The van der Waals surface area contributed by atoms with Crippen molar-refractivity contribution in [3.05, 3.63) is 68.8 Å². The van der Waals surface area contributed by atoms with Crippen LogP contribution in [-0.4, -0.2) is 16.8 Å². The van der Waals surface area contributed by atoms with E-state index in [0.717, 1.165) is 11.1 Å². The van der Waals surface area contributed by atoms with Gasteiger partial charge in [-0.25, -0.2) is 14.2 Å². The zero-order chi connectivity index (χ0) is 20.5. The van der Waals surface area contributed by atoms with E-state index in [-0.39, 0.29) is 11.1 Å². The first-order valence-corrected chi connectivity index (χ1v) is 9.87. The maximum atomic E-state index is 12.4. The van der Waals surface area contributed by atoms with E-state index in [0.29, 0.717) is 22.3 Å². The number of phosphoric acid groups is 1. The highest BCUT2D eigenvalue weighted by molar-refractivity contribution is 7.48. The van der Waals surface area contributed by atoms with Gasteiger partial charge in [0.1, 0.15) is 0 Å². The summed E-state index contributed by atoms with van der Waals surface area (Å²) in [5.74, 6) is -2.03. The highest BCUT2D eigenvalue weighted by Gasteiger charge is 2.33. The van der Waals surface area contributed by atoms with E-state index in [1.54, 1.807) is 52.0 Å². The lowest BCUT2D eigenvalue weighted by Gasteiger charge is -2.16. The van der Waals surface area contributed by atoms with Gasteiger partial charge in [0.25, 0.3) is 0 Å². The molecule has 0 saturated heterocycles. The number of aryl methyl sites for hydroxylation is 6. The number of carbonyl (C=O) groups is 2. The molecule has 2 rings (SSSR count). The molecule has 0 amide bonds. The first kappa shape index (κ1) is 20.9. The summed E-state index contributed by atoms with van der Waals surface area (Å²) < 4.78 is 21.5. The Morgan fingerprint density at radius 2 is 0.963 bits per heavy atom. The molecular formula is C20H23O6P. The van der Waals surface area contributed by atoms with Crippen LogP contribution in [0.1, 0.15) is 54.1 Å². The highest BCUT2D eigenvalue weighted by Crippen LogP contribution is 2.45. The molecule has 0 heterocycles. The molecule has 0 aromatic heterocycles. The van der Waals surface area contributed by atoms with Gasteiger partial charge in [-0.05, 0) is 63.8 Å². The van der Waals surface area contributed by atoms with Crippen LogP contribution in [0.25, 0.3) is 0 Å². The van der Waals surface area contributed by atoms with Gasteiger partial charge in [-0.15, -0.1) is 0 Å². The summed E-state index contributed by atoms with van der Waals surface area (Å²) in [6, 6.07) is 7.04.